The first-order chi connectivity index (χ1) is 4.54. The Labute approximate surface area is 66.5 Å². The van der Waals surface area contributed by atoms with Crippen LogP contribution in [-0.4, -0.2) is 31.4 Å². The Kier molecular flexibility index (Phi) is 17.5. The highest BCUT2D eigenvalue weighted by Gasteiger charge is 1.73. The molecule has 2 amide bonds. The van der Waals surface area contributed by atoms with E-state index in [9.17, 15) is 9.59 Å². The van der Waals surface area contributed by atoms with E-state index in [1.807, 2.05) is 0 Å². The van der Waals surface area contributed by atoms with Gasteiger partial charge in [-0.1, -0.05) is 0 Å². The number of amides is 2. The number of hydrogen-bond donors (Lipinski definition) is 2. The fourth-order valence-corrected chi connectivity index (χ4v) is 0. The predicted octanol–water partition coefficient (Wildman–Crippen LogP) is -1.32. The van der Waals surface area contributed by atoms with Crippen molar-refractivity contribution in [3.05, 3.63) is 0 Å². The molecule has 0 rings (SSSR count). The Hall–Kier alpha value is -1.10. The molecule has 0 spiro atoms. The van der Waals surface area contributed by atoms with Crippen LogP contribution in [0.4, 0.5) is 0 Å². The number of nitrogens with one attached hydrogen (secondary N) is 2. The zero-order chi connectivity index (χ0) is 8.57. The summed E-state index contributed by atoms with van der Waals surface area (Å²) < 4.78 is 0. The van der Waals surface area contributed by atoms with Crippen LogP contribution in [-0.2, 0) is 9.59 Å². The largest absolute Gasteiger partial charge is 0.412 e. The lowest BCUT2D eigenvalue weighted by Gasteiger charge is -1.80. The summed E-state index contributed by atoms with van der Waals surface area (Å²) in [7, 11) is 3.20. The van der Waals surface area contributed by atoms with Gasteiger partial charge in [0.05, 0.1) is 0 Å². The Morgan fingerprint density at radius 3 is 1.00 bits per heavy atom. The van der Waals surface area contributed by atoms with Gasteiger partial charge in [-0.05, 0) is 0 Å². The number of rotatable bonds is 0. The van der Waals surface area contributed by atoms with Gasteiger partial charge in [0, 0.05) is 27.9 Å². The summed E-state index contributed by atoms with van der Waals surface area (Å²) in [5, 5.41) is 4.78. The zero-order valence-corrected chi connectivity index (χ0v) is 7.32. The maximum atomic E-state index is 9.70. The van der Waals surface area contributed by atoms with Crippen molar-refractivity contribution >= 4 is 11.8 Å². The van der Waals surface area contributed by atoms with E-state index in [1.165, 1.54) is 13.8 Å². The van der Waals surface area contributed by atoms with E-state index in [1.54, 1.807) is 14.1 Å². The smallest absolute Gasteiger partial charge is 0.216 e. The number of carbonyl (C=O) groups is 2. The lowest BCUT2D eigenvalue weighted by molar-refractivity contribution is -0.119. The van der Waals surface area contributed by atoms with Crippen molar-refractivity contribution in [2.24, 2.45) is 0 Å². The molecule has 0 saturated carbocycles. The standard InChI is InChI=1S/2C3H7NO.H2O/c2*1-3(5)4-2;/h2*1-2H3,(H,4,5);1H2. The van der Waals surface area contributed by atoms with Gasteiger partial charge in [-0.15, -0.1) is 0 Å². The normalized spacial score (nSPS) is 6.18. The average molecular weight is 164 g/mol. The third-order valence-electron chi connectivity index (χ3n) is 0.704. The monoisotopic (exact) mass is 164 g/mol. The molecular formula is C6H16N2O3. The summed E-state index contributed by atoms with van der Waals surface area (Å²) in [6.07, 6.45) is 0. The van der Waals surface area contributed by atoms with E-state index in [0.29, 0.717) is 0 Å². The summed E-state index contributed by atoms with van der Waals surface area (Å²) in [6.45, 7) is 2.94. The molecule has 0 aliphatic rings. The van der Waals surface area contributed by atoms with Crippen molar-refractivity contribution in [3.63, 3.8) is 0 Å². The van der Waals surface area contributed by atoms with Crippen molar-refractivity contribution in [1.82, 2.24) is 10.6 Å². The first kappa shape index (κ1) is 16.5. The molecule has 4 N–H and O–H groups in total. The summed E-state index contributed by atoms with van der Waals surface area (Å²) in [4.78, 5) is 19.4. The minimum absolute atomic E-state index is 0. The molecule has 5 nitrogen and oxygen atoms in total. The first-order valence-corrected chi connectivity index (χ1v) is 2.91. The second kappa shape index (κ2) is 11.7. The lowest BCUT2D eigenvalue weighted by atomic mass is 10.7. The third-order valence-corrected chi connectivity index (χ3v) is 0.704. The molecular weight excluding hydrogens is 148 g/mol. The maximum absolute atomic E-state index is 9.70. The van der Waals surface area contributed by atoms with Gasteiger partial charge >= 0.3 is 0 Å². The highest BCUT2D eigenvalue weighted by Crippen LogP contribution is 1.45. The average Bonchev–Trinajstić information content (AvgIpc) is 1.89. The second-order valence-corrected chi connectivity index (χ2v) is 1.61. The molecule has 0 aliphatic heterocycles. The highest BCUT2D eigenvalue weighted by molar-refractivity contribution is 5.72. The van der Waals surface area contributed by atoms with Gasteiger partial charge in [-0.25, -0.2) is 0 Å². The van der Waals surface area contributed by atoms with Gasteiger partial charge in [0.2, 0.25) is 11.8 Å². The van der Waals surface area contributed by atoms with E-state index in [-0.39, 0.29) is 17.3 Å². The Bertz CT molecular complexity index is 100. The quantitative estimate of drug-likeness (QED) is 0.465. The minimum Gasteiger partial charge on any atom is -0.412 e. The molecule has 0 aromatic rings. The van der Waals surface area contributed by atoms with Gasteiger partial charge in [-0.2, -0.15) is 0 Å². The molecule has 0 bridgehead atoms. The van der Waals surface area contributed by atoms with Crippen molar-refractivity contribution in [2.45, 2.75) is 13.8 Å². The zero-order valence-electron chi connectivity index (χ0n) is 7.32. The molecule has 0 unspecified atom stereocenters. The second-order valence-electron chi connectivity index (χ2n) is 1.61. The lowest BCUT2D eigenvalue weighted by Crippen LogP contribution is -2.11. The van der Waals surface area contributed by atoms with Crippen molar-refractivity contribution in [3.8, 4) is 0 Å². The summed E-state index contributed by atoms with van der Waals surface area (Å²) in [6, 6.07) is 0. The molecule has 0 saturated heterocycles. The molecule has 0 aromatic heterocycles. The minimum atomic E-state index is 0. The summed E-state index contributed by atoms with van der Waals surface area (Å²) in [5.41, 5.74) is 0. The predicted molar refractivity (Wildman–Crippen MR) is 43.1 cm³/mol. The number of carbonyl (C=O) groups excluding carboxylic acids is 2. The van der Waals surface area contributed by atoms with E-state index >= 15 is 0 Å². The van der Waals surface area contributed by atoms with Crippen LogP contribution in [0.25, 0.3) is 0 Å². The third kappa shape index (κ3) is 50.4. The van der Waals surface area contributed by atoms with Gasteiger partial charge in [0.25, 0.3) is 0 Å². The van der Waals surface area contributed by atoms with Gasteiger partial charge in [0.15, 0.2) is 0 Å². The summed E-state index contributed by atoms with van der Waals surface area (Å²) in [5.74, 6) is 0.00926. The fraction of sp³-hybridized carbons (Fsp3) is 0.667. The van der Waals surface area contributed by atoms with E-state index in [2.05, 4.69) is 10.6 Å². The van der Waals surface area contributed by atoms with E-state index < -0.39 is 0 Å². The molecule has 5 heteroatoms. The van der Waals surface area contributed by atoms with Crippen LogP contribution in [0.1, 0.15) is 13.8 Å². The van der Waals surface area contributed by atoms with Crippen molar-refractivity contribution < 1.29 is 15.1 Å². The van der Waals surface area contributed by atoms with Gasteiger partial charge < -0.3 is 16.1 Å². The fourth-order valence-electron chi connectivity index (χ4n) is 0. The highest BCUT2D eigenvalue weighted by atomic mass is 16.1. The summed E-state index contributed by atoms with van der Waals surface area (Å²) >= 11 is 0. The van der Waals surface area contributed by atoms with Crippen molar-refractivity contribution in [1.29, 1.82) is 0 Å². The SMILES string of the molecule is CNC(C)=O.CNC(C)=O.O. The molecule has 0 atom stereocenters. The first-order valence-electron chi connectivity index (χ1n) is 2.91. The van der Waals surface area contributed by atoms with Crippen LogP contribution in [0.5, 0.6) is 0 Å². The molecule has 0 fully saturated rings. The van der Waals surface area contributed by atoms with Gasteiger partial charge in [-0.3, -0.25) is 9.59 Å². The number of hydrogen-bond acceptors (Lipinski definition) is 2. The molecule has 68 valence electrons. The Morgan fingerprint density at radius 2 is 1.00 bits per heavy atom. The molecule has 0 heterocycles. The van der Waals surface area contributed by atoms with Crippen LogP contribution in [0, 0.1) is 0 Å². The molecule has 0 aromatic carbocycles. The molecule has 11 heavy (non-hydrogen) atoms. The Morgan fingerprint density at radius 1 is 0.909 bits per heavy atom. The molecule has 0 aliphatic carbocycles. The van der Waals surface area contributed by atoms with Gasteiger partial charge in [0.1, 0.15) is 0 Å². The van der Waals surface area contributed by atoms with Crippen LogP contribution >= 0.6 is 0 Å². The maximum Gasteiger partial charge on any atom is 0.216 e. The van der Waals surface area contributed by atoms with Crippen molar-refractivity contribution in [2.75, 3.05) is 14.1 Å². The van der Waals surface area contributed by atoms with E-state index in [0.717, 1.165) is 0 Å². The van der Waals surface area contributed by atoms with Crippen LogP contribution in [0.15, 0.2) is 0 Å². The Balaban J connectivity index is -0.000000107. The van der Waals surface area contributed by atoms with Crippen LogP contribution in [0.2, 0.25) is 0 Å². The topological polar surface area (TPSA) is 89.7 Å². The van der Waals surface area contributed by atoms with Crippen LogP contribution in [0.3, 0.4) is 0 Å². The molecule has 0 radical (unpaired) electrons. The van der Waals surface area contributed by atoms with Crippen LogP contribution < -0.4 is 10.6 Å². The van der Waals surface area contributed by atoms with E-state index in [4.69, 9.17) is 0 Å².